The van der Waals surface area contributed by atoms with Crippen molar-refractivity contribution in [3.63, 3.8) is 0 Å². The van der Waals surface area contributed by atoms with Crippen molar-refractivity contribution in [2.75, 3.05) is 44.3 Å². The molecule has 1 aliphatic heterocycles. The van der Waals surface area contributed by atoms with Crippen LogP contribution in [0.2, 0.25) is 0 Å². The van der Waals surface area contributed by atoms with Gasteiger partial charge in [-0.05, 0) is 32.3 Å². The maximum Gasteiger partial charge on any atom is 0.320 e. The van der Waals surface area contributed by atoms with Gasteiger partial charge < -0.3 is 20.2 Å². The Morgan fingerprint density at radius 1 is 1.17 bits per heavy atom. The van der Waals surface area contributed by atoms with Gasteiger partial charge >= 0.3 is 11.9 Å². The van der Waals surface area contributed by atoms with E-state index >= 15 is 0 Å². The zero-order valence-corrected chi connectivity index (χ0v) is 21.9. The van der Waals surface area contributed by atoms with Crippen LogP contribution >= 0.6 is 23.7 Å². The molecule has 2 heterocycles. The maximum atomic E-state index is 12.1. The van der Waals surface area contributed by atoms with Gasteiger partial charge in [-0.25, -0.2) is 4.98 Å². The number of rotatable bonds is 11. The van der Waals surface area contributed by atoms with E-state index in [1.54, 1.807) is 17.6 Å². The Labute approximate surface area is 216 Å². The van der Waals surface area contributed by atoms with Gasteiger partial charge in [0, 0.05) is 36.6 Å². The van der Waals surface area contributed by atoms with Crippen LogP contribution in [0.4, 0.5) is 5.13 Å². The number of benzene rings is 1. The van der Waals surface area contributed by atoms with Crippen LogP contribution in [0.15, 0.2) is 34.7 Å². The van der Waals surface area contributed by atoms with E-state index in [2.05, 4.69) is 14.9 Å². The van der Waals surface area contributed by atoms with Crippen LogP contribution < -0.4 is 10.7 Å². The van der Waals surface area contributed by atoms with E-state index < -0.39 is 0 Å². The average molecular weight is 524 g/mol. The van der Waals surface area contributed by atoms with E-state index in [0.29, 0.717) is 32.7 Å². The molecule has 0 unspecified atom stereocenters. The molecule has 192 valence electrons. The summed E-state index contributed by atoms with van der Waals surface area (Å²) in [7, 11) is 0. The average Bonchev–Trinajstić information content (AvgIpc) is 3.31. The van der Waals surface area contributed by atoms with Crippen molar-refractivity contribution in [1.29, 1.82) is 0 Å². The lowest BCUT2D eigenvalue weighted by atomic mass is 10.0. The summed E-state index contributed by atoms with van der Waals surface area (Å²) in [6.45, 7) is 6.84. The number of thiazole rings is 1. The van der Waals surface area contributed by atoms with Gasteiger partial charge in [-0.15, -0.1) is 23.7 Å². The summed E-state index contributed by atoms with van der Waals surface area (Å²) in [6.07, 6.45) is 3.66. The Morgan fingerprint density at radius 2 is 1.83 bits per heavy atom. The van der Waals surface area contributed by atoms with Gasteiger partial charge in [-0.3, -0.25) is 14.5 Å². The zero-order chi connectivity index (χ0) is 24.3. The number of carbonyl (C=O) groups excluding carboxylic acids is 2. The first kappa shape index (κ1) is 28.5. The molecule has 1 aromatic carbocycles. The van der Waals surface area contributed by atoms with Gasteiger partial charge in [0.2, 0.25) is 0 Å². The van der Waals surface area contributed by atoms with E-state index in [1.165, 1.54) is 0 Å². The Morgan fingerprint density at radius 3 is 2.46 bits per heavy atom. The number of halogens is 1. The van der Waals surface area contributed by atoms with E-state index in [1.807, 2.05) is 43.5 Å². The maximum absolute atomic E-state index is 12.1. The molecule has 9 nitrogen and oxygen atoms in total. The van der Waals surface area contributed by atoms with Crippen LogP contribution in [0.5, 0.6) is 0 Å². The van der Waals surface area contributed by atoms with Crippen LogP contribution in [0, 0.1) is 0 Å². The third-order valence-electron chi connectivity index (χ3n) is 5.69. The van der Waals surface area contributed by atoms with Crippen LogP contribution in [0.3, 0.4) is 0 Å². The standard InChI is InChI=1S/C24H33N5O4S.ClH/c1-3-32-22(30)11-14-29(20-9-12-28(13-10-20)16-23(31)33-4-2)24-27-21(17-34-24)19-7-5-18(6-8-19)15-26-25;/h5-8,15,17,20H,3-4,9-14,16,25H2,1-2H3;1H/b26-15+;. The third kappa shape index (κ3) is 8.48. The van der Waals surface area contributed by atoms with E-state index in [9.17, 15) is 9.59 Å². The summed E-state index contributed by atoms with van der Waals surface area (Å²) < 4.78 is 10.2. The summed E-state index contributed by atoms with van der Waals surface area (Å²) in [5, 5.41) is 6.47. The SMILES string of the molecule is CCOC(=O)CCN(c1nc(-c2ccc(/C=N/N)cc2)cs1)C1CCN(CC(=O)OCC)CC1.Cl. The second-order valence-electron chi connectivity index (χ2n) is 7.98. The first-order chi connectivity index (χ1) is 16.5. The van der Waals surface area contributed by atoms with Gasteiger partial charge in [-0.2, -0.15) is 5.10 Å². The monoisotopic (exact) mass is 523 g/mol. The predicted octanol–water partition coefficient (Wildman–Crippen LogP) is 3.31. The second kappa shape index (κ2) is 14.7. The van der Waals surface area contributed by atoms with Crippen LogP contribution in [0.1, 0.15) is 38.7 Å². The largest absolute Gasteiger partial charge is 0.466 e. The normalized spacial score (nSPS) is 14.5. The number of likely N-dealkylation sites (tertiary alicyclic amines) is 1. The molecule has 11 heteroatoms. The quantitative estimate of drug-likeness (QED) is 0.207. The minimum atomic E-state index is -0.207. The predicted molar refractivity (Wildman–Crippen MR) is 141 cm³/mol. The van der Waals surface area contributed by atoms with Crippen molar-refractivity contribution in [3.05, 3.63) is 35.2 Å². The molecule has 1 aliphatic rings. The van der Waals surface area contributed by atoms with Crippen molar-refractivity contribution in [2.24, 2.45) is 10.9 Å². The van der Waals surface area contributed by atoms with Gasteiger partial charge in [0.05, 0.1) is 38.1 Å². The molecular formula is C24H34ClN5O4S. The number of anilines is 1. The number of carbonyl (C=O) groups is 2. The summed E-state index contributed by atoms with van der Waals surface area (Å²) in [5.74, 6) is 4.83. The first-order valence-corrected chi connectivity index (χ1v) is 12.5. The number of hydrogen-bond donors (Lipinski definition) is 1. The molecule has 35 heavy (non-hydrogen) atoms. The molecular weight excluding hydrogens is 490 g/mol. The molecule has 1 saturated heterocycles. The minimum Gasteiger partial charge on any atom is -0.466 e. The number of nitrogens with zero attached hydrogens (tertiary/aromatic N) is 4. The van der Waals surface area contributed by atoms with Crippen molar-refractivity contribution in [1.82, 2.24) is 9.88 Å². The molecule has 0 amide bonds. The highest BCUT2D eigenvalue weighted by Crippen LogP contribution is 2.31. The highest BCUT2D eigenvalue weighted by atomic mass is 35.5. The Balaban J connectivity index is 0.00000432. The topological polar surface area (TPSA) is 110 Å². The number of hydrogen-bond acceptors (Lipinski definition) is 10. The molecule has 1 aromatic heterocycles. The van der Waals surface area contributed by atoms with Gasteiger partial charge in [-0.1, -0.05) is 24.3 Å². The molecule has 2 N–H and O–H groups in total. The number of nitrogens with two attached hydrogens (primary N) is 1. The van der Waals surface area contributed by atoms with Gasteiger partial charge in [0.1, 0.15) is 0 Å². The molecule has 0 radical (unpaired) electrons. The summed E-state index contributed by atoms with van der Waals surface area (Å²) in [5.41, 5.74) is 2.82. The van der Waals surface area contributed by atoms with Crippen LogP contribution in [-0.2, 0) is 19.1 Å². The molecule has 0 spiro atoms. The van der Waals surface area contributed by atoms with E-state index in [0.717, 1.165) is 47.9 Å². The molecule has 0 aliphatic carbocycles. The first-order valence-electron chi connectivity index (χ1n) is 11.6. The van der Waals surface area contributed by atoms with Gasteiger partial charge in [0.25, 0.3) is 0 Å². The Hall–Kier alpha value is -2.69. The number of esters is 2. The number of aromatic nitrogens is 1. The molecule has 0 saturated carbocycles. The van der Waals surface area contributed by atoms with Crippen LogP contribution in [0.25, 0.3) is 11.3 Å². The zero-order valence-electron chi connectivity index (χ0n) is 20.2. The number of ether oxygens (including phenoxy) is 2. The molecule has 1 fully saturated rings. The molecule has 2 aromatic rings. The third-order valence-corrected chi connectivity index (χ3v) is 6.56. The molecule has 0 bridgehead atoms. The molecule has 0 atom stereocenters. The van der Waals surface area contributed by atoms with Crippen molar-refractivity contribution >= 4 is 47.0 Å². The number of hydrazone groups is 1. The van der Waals surface area contributed by atoms with Crippen molar-refractivity contribution in [3.8, 4) is 11.3 Å². The summed E-state index contributed by atoms with van der Waals surface area (Å²) in [4.78, 5) is 33.1. The van der Waals surface area contributed by atoms with Crippen molar-refractivity contribution < 1.29 is 19.1 Å². The van der Waals surface area contributed by atoms with E-state index in [4.69, 9.17) is 20.3 Å². The lowest BCUT2D eigenvalue weighted by Crippen LogP contribution is -2.47. The van der Waals surface area contributed by atoms with Crippen LogP contribution in [-0.4, -0.2) is 73.5 Å². The lowest BCUT2D eigenvalue weighted by Gasteiger charge is -2.38. The lowest BCUT2D eigenvalue weighted by molar-refractivity contribution is -0.145. The van der Waals surface area contributed by atoms with Crippen molar-refractivity contribution in [2.45, 2.75) is 39.2 Å². The fraction of sp³-hybridized carbons (Fsp3) is 0.500. The second-order valence-corrected chi connectivity index (χ2v) is 8.81. The summed E-state index contributed by atoms with van der Waals surface area (Å²) >= 11 is 1.57. The molecule has 3 rings (SSSR count). The summed E-state index contributed by atoms with van der Waals surface area (Å²) in [6, 6.07) is 8.11. The minimum absolute atomic E-state index is 0. The van der Waals surface area contributed by atoms with E-state index in [-0.39, 0.29) is 30.4 Å². The highest BCUT2D eigenvalue weighted by Gasteiger charge is 2.28. The van der Waals surface area contributed by atoms with Gasteiger partial charge in [0.15, 0.2) is 5.13 Å². The fourth-order valence-electron chi connectivity index (χ4n) is 4.01. The Bertz CT molecular complexity index is 961. The highest BCUT2D eigenvalue weighted by molar-refractivity contribution is 7.14. The Kier molecular flexibility index (Phi) is 11.9. The number of piperidine rings is 1. The fourth-order valence-corrected chi connectivity index (χ4v) is 4.95. The smallest absolute Gasteiger partial charge is 0.320 e.